The maximum absolute atomic E-state index is 11.3. The van der Waals surface area contributed by atoms with Gasteiger partial charge in [0.2, 0.25) is 0 Å². The van der Waals surface area contributed by atoms with Crippen LogP contribution in [0.25, 0.3) is 0 Å². The molecule has 4 heteroatoms. The number of nitrogens with zero attached hydrogens (tertiary/aromatic N) is 2. The summed E-state index contributed by atoms with van der Waals surface area (Å²) in [5.74, 6) is 0.904. The Kier molecular flexibility index (Phi) is 3.21. The van der Waals surface area contributed by atoms with Gasteiger partial charge in [-0.3, -0.25) is 4.79 Å². The molecule has 1 saturated heterocycles. The topological polar surface area (TPSA) is 33.2 Å². The summed E-state index contributed by atoms with van der Waals surface area (Å²) in [6, 6.07) is 3.69. The Morgan fingerprint density at radius 1 is 1.40 bits per heavy atom. The largest absolute Gasteiger partial charge is 0.357 e. The number of Topliss-reactive ketones (excluding diaryl/α,β-unsaturated/α-hetero) is 1. The summed E-state index contributed by atoms with van der Waals surface area (Å²) >= 11 is 5.47. The van der Waals surface area contributed by atoms with Crippen molar-refractivity contribution in [3.63, 3.8) is 0 Å². The first-order chi connectivity index (χ1) is 7.31. The predicted molar refractivity (Wildman–Crippen MR) is 60.7 cm³/mol. The van der Waals surface area contributed by atoms with Crippen LogP contribution >= 0.6 is 11.6 Å². The molecule has 1 fully saturated rings. The van der Waals surface area contributed by atoms with Gasteiger partial charge >= 0.3 is 0 Å². The number of aromatic nitrogens is 1. The standard InChI is InChI=1S/C11H13ClN2O/c12-7-10(15)9-3-4-11(13-8-9)14-5-1-2-6-14/h3-4,8H,1-2,5-7H2. The summed E-state index contributed by atoms with van der Waals surface area (Å²) < 4.78 is 0. The first-order valence-electron chi connectivity index (χ1n) is 5.11. The molecule has 1 aliphatic rings. The molecule has 0 amide bonds. The number of rotatable bonds is 3. The number of hydrogen-bond donors (Lipinski definition) is 0. The van der Waals surface area contributed by atoms with E-state index in [1.165, 1.54) is 12.8 Å². The van der Waals surface area contributed by atoms with Crippen LogP contribution in [-0.4, -0.2) is 29.7 Å². The molecule has 1 aliphatic heterocycles. The van der Waals surface area contributed by atoms with Gasteiger partial charge in [-0.25, -0.2) is 4.98 Å². The lowest BCUT2D eigenvalue weighted by Crippen LogP contribution is -2.19. The summed E-state index contributed by atoms with van der Waals surface area (Å²) in [7, 11) is 0. The Labute approximate surface area is 94.1 Å². The van der Waals surface area contributed by atoms with Crippen molar-refractivity contribution < 1.29 is 4.79 Å². The highest BCUT2D eigenvalue weighted by Crippen LogP contribution is 2.17. The zero-order valence-corrected chi connectivity index (χ0v) is 9.20. The van der Waals surface area contributed by atoms with E-state index in [9.17, 15) is 4.79 Å². The van der Waals surface area contributed by atoms with Crippen LogP contribution in [0.2, 0.25) is 0 Å². The molecule has 0 N–H and O–H groups in total. The van der Waals surface area contributed by atoms with Gasteiger partial charge in [0.05, 0.1) is 5.88 Å². The van der Waals surface area contributed by atoms with Gasteiger partial charge in [-0.2, -0.15) is 0 Å². The molecule has 1 aromatic rings. The maximum atomic E-state index is 11.3. The summed E-state index contributed by atoms with van der Waals surface area (Å²) in [6.45, 7) is 2.13. The molecule has 0 unspecified atom stereocenters. The van der Waals surface area contributed by atoms with Crippen molar-refractivity contribution >= 4 is 23.2 Å². The fraction of sp³-hybridized carbons (Fsp3) is 0.455. The van der Waals surface area contributed by atoms with Crippen molar-refractivity contribution in [3.8, 4) is 0 Å². The van der Waals surface area contributed by atoms with Crippen molar-refractivity contribution in [2.24, 2.45) is 0 Å². The van der Waals surface area contributed by atoms with Gasteiger partial charge in [-0.15, -0.1) is 11.6 Å². The molecule has 3 nitrogen and oxygen atoms in total. The van der Waals surface area contributed by atoms with Crippen molar-refractivity contribution in [1.29, 1.82) is 0 Å². The Morgan fingerprint density at radius 2 is 2.13 bits per heavy atom. The maximum Gasteiger partial charge on any atom is 0.179 e. The predicted octanol–water partition coefficient (Wildman–Crippen LogP) is 2.10. The molecule has 80 valence electrons. The molecule has 0 atom stereocenters. The molecule has 2 rings (SSSR count). The van der Waals surface area contributed by atoms with Gasteiger partial charge in [-0.05, 0) is 25.0 Å². The molecular formula is C11H13ClN2O. The lowest BCUT2D eigenvalue weighted by atomic mass is 10.2. The number of ketones is 1. The van der Waals surface area contributed by atoms with Crippen LogP contribution in [0.5, 0.6) is 0 Å². The molecule has 15 heavy (non-hydrogen) atoms. The molecule has 1 aromatic heterocycles. The number of anilines is 1. The van der Waals surface area contributed by atoms with Crippen LogP contribution in [0.1, 0.15) is 23.2 Å². The Balaban J connectivity index is 2.12. The first kappa shape index (κ1) is 10.4. The number of carbonyl (C=O) groups excluding carboxylic acids is 1. The summed E-state index contributed by atoms with van der Waals surface area (Å²) in [6.07, 6.45) is 4.06. The SMILES string of the molecule is O=C(CCl)c1ccc(N2CCCC2)nc1. The normalized spacial score (nSPS) is 15.7. The molecule has 0 bridgehead atoms. The van der Waals surface area contributed by atoms with E-state index in [0.717, 1.165) is 18.9 Å². The monoisotopic (exact) mass is 224 g/mol. The molecule has 2 heterocycles. The highest BCUT2D eigenvalue weighted by molar-refractivity contribution is 6.30. The van der Waals surface area contributed by atoms with E-state index in [-0.39, 0.29) is 11.7 Å². The van der Waals surface area contributed by atoms with Gasteiger partial charge in [0.15, 0.2) is 5.78 Å². The van der Waals surface area contributed by atoms with E-state index >= 15 is 0 Å². The second-order valence-corrected chi connectivity index (χ2v) is 3.92. The first-order valence-corrected chi connectivity index (χ1v) is 5.65. The second-order valence-electron chi connectivity index (χ2n) is 3.66. The van der Waals surface area contributed by atoms with E-state index < -0.39 is 0 Å². The zero-order chi connectivity index (χ0) is 10.7. The highest BCUT2D eigenvalue weighted by Gasteiger charge is 2.13. The third-order valence-electron chi connectivity index (χ3n) is 2.62. The number of alkyl halides is 1. The molecular weight excluding hydrogens is 212 g/mol. The van der Waals surface area contributed by atoms with Gasteiger partial charge in [0, 0.05) is 24.8 Å². The Morgan fingerprint density at radius 3 is 2.67 bits per heavy atom. The zero-order valence-electron chi connectivity index (χ0n) is 8.45. The lowest BCUT2D eigenvalue weighted by Gasteiger charge is -2.15. The molecule has 0 aliphatic carbocycles. The van der Waals surface area contributed by atoms with E-state index in [1.54, 1.807) is 12.3 Å². The Bertz CT molecular complexity index is 344. The van der Waals surface area contributed by atoms with E-state index in [4.69, 9.17) is 11.6 Å². The van der Waals surface area contributed by atoms with Gasteiger partial charge in [-0.1, -0.05) is 0 Å². The molecule has 0 spiro atoms. The summed E-state index contributed by atoms with van der Waals surface area (Å²) in [5.41, 5.74) is 0.591. The number of carbonyl (C=O) groups is 1. The van der Waals surface area contributed by atoms with Crippen LogP contribution < -0.4 is 4.90 Å². The summed E-state index contributed by atoms with van der Waals surface area (Å²) in [5, 5.41) is 0. The third-order valence-corrected chi connectivity index (χ3v) is 2.86. The van der Waals surface area contributed by atoms with Crippen molar-refractivity contribution in [3.05, 3.63) is 23.9 Å². The third kappa shape index (κ3) is 2.29. The van der Waals surface area contributed by atoms with Gasteiger partial charge in [0.1, 0.15) is 5.82 Å². The fourth-order valence-electron chi connectivity index (χ4n) is 1.76. The van der Waals surface area contributed by atoms with E-state index in [0.29, 0.717) is 5.56 Å². The lowest BCUT2D eigenvalue weighted by molar-refractivity contribution is 0.102. The minimum Gasteiger partial charge on any atom is -0.357 e. The van der Waals surface area contributed by atoms with Crippen LogP contribution in [0, 0.1) is 0 Å². The minimum atomic E-state index is -0.0721. The fourth-order valence-corrected chi connectivity index (χ4v) is 1.92. The number of hydrogen-bond acceptors (Lipinski definition) is 3. The molecule has 0 saturated carbocycles. The average Bonchev–Trinajstić information content (AvgIpc) is 2.82. The van der Waals surface area contributed by atoms with Crippen LogP contribution in [0.3, 0.4) is 0 Å². The summed E-state index contributed by atoms with van der Waals surface area (Å²) in [4.78, 5) is 17.8. The van der Waals surface area contributed by atoms with Crippen LogP contribution in [0.15, 0.2) is 18.3 Å². The van der Waals surface area contributed by atoms with Gasteiger partial charge in [0.25, 0.3) is 0 Å². The number of pyridine rings is 1. The highest BCUT2D eigenvalue weighted by atomic mass is 35.5. The van der Waals surface area contributed by atoms with Crippen molar-refractivity contribution in [1.82, 2.24) is 4.98 Å². The van der Waals surface area contributed by atoms with E-state index in [2.05, 4.69) is 9.88 Å². The van der Waals surface area contributed by atoms with Crippen molar-refractivity contribution in [2.45, 2.75) is 12.8 Å². The van der Waals surface area contributed by atoms with Gasteiger partial charge < -0.3 is 4.90 Å². The van der Waals surface area contributed by atoms with Crippen LogP contribution in [-0.2, 0) is 0 Å². The van der Waals surface area contributed by atoms with E-state index in [1.807, 2.05) is 6.07 Å². The number of halogens is 1. The smallest absolute Gasteiger partial charge is 0.179 e. The molecule has 0 radical (unpaired) electrons. The second kappa shape index (κ2) is 4.62. The van der Waals surface area contributed by atoms with Crippen molar-refractivity contribution in [2.75, 3.05) is 23.9 Å². The average molecular weight is 225 g/mol. The quantitative estimate of drug-likeness (QED) is 0.583. The minimum absolute atomic E-state index is 0.0186. The Hall–Kier alpha value is -1.09. The van der Waals surface area contributed by atoms with Crippen LogP contribution in [0.4, 0.5) is 5.82 Å². The molecule has 0 aromatic carbocycles.